The summed E-state index contributed by atoms with van der Waals surface area (Å²) in [6, 6.07) is 2.31. The molecular weight excluding hydrogens is 264 g/mol. The van der Waals surface area contributed by atoms with Gasteiger partial charge < -0.3 is 9.64 Å². The number of nitrogens with zero attached hydrogens (tertiary/aromatic N) is 3. The molecule has 106 valence electrons. The number of fused-ring (bicyclic) bond motifs is 1. The van der Waals surface area contributed by atoms with E-state index in [9.17, 15) is 8.78 Å². The van der Waals surface area contributed by atoms with Gasteiger partial charge in [-0.2, -0.15) is 0 Å². The summed E-state index contributed by atoms with van der Waals surface area (Å²) < 4.78 is 32.0. The van der Waals surface area contributed by atoms with Crippen LogP contribution in [0.2, 0.25) is 0 Å². The number of aromatic nitrogens is 2. The number of rotatable bonds is 1. The second kappa shape index (κ2) is 4.94. The maximum Gasteiger partial charge on any atom is 0.161 e. The normalized spacial score (nSPS) is 23.3. The minimum Gasteiger partial charge on any atom is -0.375 e. The summed E-state index contributed by atoms with van der Waals surface area (Å²) in [5, 5.41) is 0. The Morgan fingerprint density at radius 1 is 1.20 bits per heavy atom. The first kappa shape index (κ1) is 13.2. The largest absolute Gasteiger partial charge is 0.375 e. The van der Waals surface area contributed by atoms with E-state index in [-0.39, 0.29) is 12.1 Å². The van der Waals surface area contributed by atoms with Crippen LogP contribution in [0.25, 0.3) is 11.0 Å². The molecule has 0 amide bonds. The van der Waals surface area contributed by atoms with Gasteiger partial charge >= 0.3 is 0 Å². The van der Waals surface area contributed by atoms with Crippen molar-refractivity contribution < 1.29 is 13.5 Å². The van der Waals surface area contributed by atoms with E-state index >= 15 is 0 Å². The first-order valence-corrected chi connectivity index (χ1v) is 6.54. The molecule has 0 radical (unpaired) electrons. The Labute approximate surface area is 115 Å². The lowest BCUT2D eigenvalue weighted by molar-refractivity contribution is 0.0340. The standard InChI is InChI=1S/C14H15F2N3O/c1-8-7-20-9(2)6-19(8)14-5-17-12-3-10(15)11(16)4-13(12)18-14/h3-5,8-9H,6-7H2,1-2H3/t8-,9-/m1/s1. The predicted molar refractivity (Wildman–Crippen MR) is 71.7 cm³/mol. The van der Waals surface area contributed by atoms with Gasteiger partial charge in [0.05, 0.1) is 36.0 Å². The zero-order valence-corrected chi connectivity index (χ0v) is 11.3. The van der Waals surface area contributed by atoms with Gasteiger partial charge in [0.1, 0.15) is 5.82 Å². The number of morpholine rings is 1. The van der Waals surface area contributed by atoms with Gasteiger partial charge in [-0.1, -0.05) is 0 Å². The van der Waals surface area contributed by atoms with Crippen LogP contribution < -0.4 is 4.90 Å². The molecule has 1 fully saturated rings. The number of benzene rings is 1. The molecular formula is C14H15F2N3O. The van der Waals surface area contributed by atoms with Gasteiger partial charge in [0, 0.05) is 18.7 Å². The summed E-state index contributed by atoms with van der Waals surface area (Å²) in [5.41, 5.74) is 0.703. The third-order valence-electron chi connectivity index (χ3n) is 3.47. The Kier molecular flexibility index (Phi) is 3.25. The molecule has 0 saturated carbocycles. The maximum absolute atomic E-state index is 13.3. The number of halogens is 2. The van der Waals surface area contributed by atoms with Gasteiger partial charge in [-0.15, -0.1) is 0 Å². The highest BCUT2D eigenvalue weighted by molar-refractivity contribution is 5.75. The van der Waals surface area contributed by atoms with Crippen LogP contribution in [-0.2, 0) is 4.74 Å². The molecule has 1 saturated heterocycles. The first-order valence-electron chi connectivity index (χ1n) is 6.54. The lowest BCUT2D eigenvalue weighted by atomic mass is 10.2. The second-order valence-electron chi connectivity index (χ2n) is 5.13. The van der Waals surface area contributed by atoms with Crippen LogP contribution in [0.4, 0.5) is 14.6 Å². The van der Waals surface area contributed by atoms with Gasteiger partial charge in [0.15, 0.2) is 11.6 Å². The van der Waals surface area contributed by atoms with Crippen LogP contribution >= 0.6 is 0 Å². The third kappa shape index (κ3) is 2.31. The Hall–Kier alpha value is -1.82. The number of hydrogen-bond acceptors (Lipinski definition) is 4. The smallest absolute Gasteiger partial charge is 0.161 e. The summed E-state index contributed by atoms with van der Waals surface area (Å²) in [5.74, 6) is -1.16. The second-order valence-corrected chi connectivity index (χ2v) is 5.13. The third-order valence-corrected chi connectivity index (χ3v) is 3.47. The highest BCUT2D eigenvalue weighted by Crippen LogP contribution is 2.22. The van der Waals surface area contributed by atoms with E-state index in [0.717, 1.165) is 12.1 Å². The molecule has 0 N–H and O–H groups in total. The molecule has 2 heterocycles. The van der Waals surface area contributed by atoms with Crippen LogP contribution in [0.5, 0.6) is 0 Å². The van der Waals surface area contributed by atoms with Crippen molar-refractivity contribution in [1.82, 2.24) is 9.97 Å². The molecule has 0 unspecified atom stereocenters. The van der Waals surface area contributed by atoms with E-state index < -0.39 is 11.6 Å². The predicted octanol–water partition coefficient (Wildman–Crippen LogP) is 2.52. The zero-order valence-electron chi connectivity index (χ0n) is 11.3. The van der Waals surface area contributed by atoms with Gasteiger partial charge in [-0.3, -0.25) is 4.98 Å². The van der Waals surface area contributed by atoms with Crippen molar-refractivity contribution in [3.05, 3.63) is 30.0 Å². The molecule has 0 bridgehead atoms. The van der Waals surface area contributed by atoms with Crippen molar-refractivity contribution in [3.8, 4) is 0 Å². The van der Waals surface area contributed by atoms with E-state index in [4.69, 9.17) is 4.74 Å². The molecule has 6 heteroatoms. The Bertz CT molecular complexity index is 650. The van der Waals surface area contributed by atoms with Crippen molar-refractivity contribution in [3.63, 3.8) is 0 Å². The molecule has 4 nitrogen and oxygen atoms in total. The quantitative estimate of drug-likeness (QED) is 0.804. The topological polar surface area (TPSA) is 38.2 Å². The van der Waals surface area contributed by atoms with Crippen molar-refractivity contribution in [2.24, 2.45) is 0 Å². The summed E-state index contributed by atoms with van der Waals surface area (Å²) in [7, 11) is 0. The molecule has 1 aliphatic rings. The monoisotopic (exact) mass is 279 g/mol. The maximum atomic E-state index is 13.3. The average Bonchev–Trinajstić information content (AvgIpc) is 2.42. The molecule has 1 aromatic carbocycles. The van der Waals surface area contributed by atoms with E-state index in [1.807, 2.05) is 13.8 Å². The highest BCUT2D eigenvalue weighted by atomic mass is 19.2. The number of anilines is 1. The molecule has 0 aliphatic carbocycles. The van der Waals surface area contributed by atoms with E-state index in [0.29, 0.717) is 30.0 Å². The molecule has 20 heavy (non-hydrogen) atoms. The SMILES string of the molecule is C[C@@H]1CN(c2cnc3cc(F)c(F)cc3n2)[C@H](C)CO1. The van der Waals surface area contributed by atoms with Crippen LogP contribution in [0.15, 0.2) is 18.3 Å². The fraction of sp³-hybridized carbons (Fsp3) is 0.429. The van der Waals surface area contributed by atoms with Crippen molar-refractivity contribution in [2.75, 3.05) is 18.1 Å². The van der Waals surface area contributed by atoms with Crippen LogP contribution in [0.1, 0.15) is 13.8 Å². The Morgan fingerprint density at radius 2 is 1.90 bits per heavy atom. The number of hydrogen-bond donors (Lipinski definition) is 0. The van der Waals surface area contributed by atoms with Crippen molar-refractivity contribution in [1.29, 1.82) is 0 Å². The molecule has 2 atom stereocenters. The zero-order chi connectivity index (χ0) is 14.3. The van der Waals surface area contributed by atoms with Gasteiger partial charge in [0.2, 0.25) is 0 Å². The first-order chi connectivity index (χ1) is 9.54. The summed E-state index contributed by atoms with van der Waals surface area (Å²) in [6.07, 6.45) is 1.70. The molecule has 1 aromatic heterocycles. The van der Waals surface area contributed by atoms with Gasteiger partial charge in [-0.25, -0.2) is 13.8 Å². The van der Waals surface area contributed by atoms with Crippen LogP contribution in [0, 0.1) is 11.6 Å². The Morgan fingerprint density at radius 3 is 2.65 bits per heavy atom. The van der Waals surface area contributed by atoms with Gasteiger partial charge in [0.25, 0.3) is 0 Å². The summed E-state index contributed by atoms with van der Waals surface area (Å²) in [4.78, 5) is 10.6. The highest BCUT2D eigenvalue weighted by Gasteiger charge is 2.25. The van der Waals surface area contributed by atoms with E-state index in [2.05, 4.69) is 14.9 Å². The lowest BCUT2D eigenvalue weighted by Gasteiger charge is -2.37. The molecule has 3 rings (SSSR count). The number of ether oxygens (including phenoxy) is 1. The summed E-state index contributed by atoms with van der Waals surface area (Å²) in [6.45, 7) is 5.33. The van der Waals surface area contributed by atoms with Crippen LogP contribution in [0.3, 0.4) is 0 Å². The molecule has 2 aromatic rings. The fourth-order valence-corrected chi connectivity index (χ4v) is 2.36. The average molecular weight is 279 g/mol. The molecule has 0 spiro atoms. The van der Waals surface area contributed by atoms with Crippen molar-refractivity contribution >= 4 is 16.9 Å². The summed E-state index contributed by atoms with van der Waals surface area (Å²) >= 11 is 0. The molecule has 1 aliphatic heterocycles. The Balaban J connectivity index is 2.01. The van der Waals surface area contributed by atoms with E-state index in [1.54, 1.807) is 6.20 Å². The van der Waals surface area contributed by atoms with Gasteiger partial charge in [-0.05, 0) is 13.8 Å². The minimum atomic E-state index is -0.910. The van der Waals surface area contributed by atoms with Crippen LogP contribution in [-0.4, -0.2) is 35.3 Å². The van der Waals surface area contributed by atoms with E-state index in [1.165, 1.54) is 0 Å². The van der Waals surface area contributed by atoms with Crippen molar-refractivity contribution in [2.45, 2.75) is 26.0 Å². The fourth-order valence-electron chi connectivity index (χ4n) is 2.36. The lowest BCUT2D eigenvalue weighted by Crippen LogP contribution is -2.47. The minimum absolute atomic E-state index is 0.105.